The molecule has 1 saturated heterocycles. The predicted molar refractivity (Wildman–Crippen MR) is 79.5 cm³/mol. The van der Waals surface area contributed by atoms with E-state index in [9.17, 15) is 18.3 Å². The molecule has 2 N–H and O–H groups in total. The van der Waals surface area contributed by atoms with Crippen molar-refractivity contribution in [3.05, 3.63) is 29.3 Å². The molecule has 1 aromatic carbocycles. The molecule has 0 saturated carbocycles. The molecular weight excluding hydrogens is 321 g/mol. The first-order valence-corrected chi connectivity index (χ1v) is 6.78. The number of ether oxygens (including phenoxy) is 1. The molecule has 1 aromatic rings. The van der Waals surface area contributed by atoms with Crippen LogP contribution >= 0.6 is 12.4 Å². The zero-order chi connectivity index (χ0) is 15.5. The fourth-order valence-corrected chi connectivity index (χ4v) is 2.57. The Balaban J connectivity index is 0.00000242. The minimum Gasteiger partial charge on any atom is -0.496 e. The number of alkyl halides is 3. The number of nitrogens with one attached hydrogen (secondary N) is 1. The molecule has 0 bridgehead atoms. The van der Waals surface area contributed by atoms with Gasteiger partial charge in [-0.3, -0.25) is 4.90 Å². The molecular formula is C14H20ClF3N2O2. The number of hydrogen-bond donors (Lipinski definition) is 2. The number of benzene rings is 1. The van der Waals surface area contributed by atoms with E-state index in [1.165, 1.54) is 13.2 Å². The summed E-state index contributed by atoms with van der Waals surface area (Å²) in [6.07, 6.45) is -4.41. The van der Waals surface area contributed by atoms with E-state index in [2.05, 4.69) is 5.32 Å². The fraction of sp³-hybridized carbons (Fsp3) is 0.571. The van der Waals surface area contributed by atoms with Crippen molar-refractivity contribution in [3.63, 3.8) is 0 Å². The van der Waals surface area contributed by atoms with Crippen LogP contribution in [0.15, 0.2) is 18.2 Å². The highest BCUT2D eigenvalue weighted by Crippen LogP contribution is 2.36. The van der Waals surface area contributed by atoms with Crippen LogP contribution in [0.4, 0.5) is 13.2 Å². The molecule has 2 rings (SSSR count). The van der Waals surface area contributed by atoms with Crippen LogP contribution in [0.3, 0.4) is 0 Å². The Bertz CT molecular complexity index is 480. The van der Waals surface area contributed by atoms with E-state index in [1.54, 1.807) is 0 Å². The Hall–Kier alpha value is -1.02. The Morgan fingerprint density at radius 1 is 1.32 bits per heavy atom. The third-order valence-corrected chi connectivity index (χ3v) is 3.69. The summed E-state index contributed by atoms with van der Waals surface area (Å²) in [4.78, 5) is 2.04. The third-order valence-electron chi connectivity index (χ3n) is 3.69. The van der Waals surface area contributed by atoms with Crippen molar-refractivity contribution in [1.29, 1.82) is 0 Å². The lowest BCUT2D eigenvalue weighted by Gasteiger charge is -2.34. The van der Waals surface area contributed by atoms with Gasteiger partial charge in [0.2, 0.25) is 0 Å². The SMILES string of the molecule is COc1cc(C(F)(F)F)ccc1[C@H](CO)N1CCNCC1.Cl. The fourth-order valence-electron chi connectivity index (χ4n) is 2.57. The topological polar surface area (TPSA) is 44.7 Å². The lowest BCUT2D eigenvalue weighted by Crippen LogP contribution is -2.46. The van der Waals surface area contributed by atoms with Gasteiger partial charge in [0.25, 0.3) is 0 Å². The van der Waals surface area contributed by atoms with Gasteiger partial charge in [-0.05, 0) is 12.1 Å². The van der Waals surface area contributed by atoms with Crippen LogP contribution in [0.1, 0.15) is 17.2 Å². The van der Waals surface area contributed by atoms with Gasteiger partial charge in [0.15, 0.2) is 0 Å². The Morgan fingerprint density at radius 3 is 2.45 bits per heavy atom. The molecule has 1 aliphatic rings. The van der Waals surface area contributed by atoms with Crippen molar-refractivity contribution in [1.82, 2.24) is 10.2 Å². The maximum Gasteiger partial charge on any atom is 0.416 e. The maximum absolute atomic E-state index is 12.7. The molecule has 4 nitrogen and oxygen atoms in total. The average Bonchev–Trinajstić information content (AvgIpc) is 2.48. The van der Waals surface area contributed by atoms with Crippen LogP contribution in [0, 0.1) is 0 Å². The molecule has 126 valence electrons. The molecule has 8 heteroatoms. The number of piperazine rings is 1. The minimum absolute atomic E-state index is 0. The standard InChI is InChI=1S/C14H19F3N2O2.ClH/c1-21-13-8-10(14(15,16)17)2-3-11(13)12(9-20)19-6-4-18-5-7-19;/h2-3,8,12,18,20H,4-7,9H2,1H3;1H/t12-;/m0./s1. The smallest absolute Gasteiger partial charge is 0.416 e. The van der Waals surface area contributed by atoms with Crippen LogP contribution in [-0.2, 0) is 6.18 Å². The summed E-state index contributed by atoms with van der Waals surface area (Å²) >= 11 is 0. The van der Waals surface area contributed by atoms with Gasteiger partial charge in [-0.15, -0.1) is 12.4 Å². The van der Waals surface area contributed by atoms with Crippen LogP contribution in [0.25, 0.3) is 0 Å². The lowest BCUT2D eigenvalue weighted by molar-refractivity contribution is -0.137. The third kappa shape index (κ3) is 4.25. The second kappa shape index (κ2) is 8.01. The zero-order valence-corrected chi connectivity index (χ0v) is 13.0. The van der Waals surface area contributed by atoms with Crippen molar-refractivity contribution in [2.75, 3.05) is 39.9 Å². The average molecular weight is 341 g/mol. The second-order valence-electron chi connectivity index (χ2n) is 4.94. The largest absolute Gasteiger partial charge is 0.496 e. The van der Waals surface area contributed by atoms with Crippen molar-refractivity contribution in [2.24, 2.45) is 0 Å². The molecule has 1 aliphatic heterocycles. The summed E-state index contributed by atoms with van der Waals surface area (Å²) in [6.45, 7) is 2.88. The van der Waals surface area contributed by atoms with E-state index in [-0.39, 0.29) is 30.8 Å². The van der Waals surface area contributed by atoms with E-state index < -0.39 is 11.7 Å². The first-order valence-electron chi connectivity index (χ1n) is 6.78. The van der Waals surface area contributed by atoms with Crippen molar-refractivity contribution >= 4 is 12.4 Å². The molecule has 0 spiro atoms. The summed E-state index contributed by atoms with van der Waals surface area (Å²) in [5, 5.41) is 12.8. The first-order chi connectivity index (χ1) is 9.97. The monoisotopic (exact) mass is 340 g/mol. The van der Waals surface area contributed by atoms with E-state index in [0.717, 1.165) is 38.3 Å². The van der Waals surface area contributed by atoms with E-state index in [4.69, 9.17) is 4.74 Å². The number of nitrogens with zero attached hydrogens (tertiary/aromatic N) is 1. The van der Waals surface area contributed by atoms with E-state index >= 15 is 0 Å². The minimum atomic E-state index is -4.41. The predicted octanol–water partition coefficient (Wildman–Crippen LogP) is 2.07. The summed E-state index contributed by atoms with van der Waals surface area (Å²) in [5.74, 6) is 0.155. The molecule has 0 radical (unpaired) electrons. The molecule has 1 heterocycles. The van der Waals surface area contributed by atoms with Crippen LogP contribution in [0.2, 0.25) is 0 Å². The Morgan fingerprint density at radius 2 is 1.95 bits per heavy atom. The van der Waals surface area contributed by atoms with Crippen molar-refractivity contribution in [3.8, 4) is 5.75 Å². The van der Waals surface area contributed by atoms with Gasteiger partial charge in [-0.2, -0.15) is 13.2 Å². The summed E-state index contributed by atoms with van der Waals surface area (Å²) in [5.41, 5.74) is -0.171. The molecule has 0 unspecified atom stereocenters. The number of rotatable bonds is 4. The van der Waals surface area contributed by atoms with Gasteiger partial charge in [-0.25, -0.2) is 0 Å². The number of hydrogen-bond acceptors (Lipinski definition) is 4. The molecule has 1 fully saturated rings. The van der Waals surface area contributed by atoms with Crippen molar-refractivity contribution < 1.29 is 23.0 Å². The Kier molecular flexibility index (Phi) is 6.93. The highest BCUT2D eigenvalue weighted by atomic mass is 35.5. The molecule has 22 heavy (non-hydrogen) atoms. The highest BCUT2D eigenvalue weighted by Gasteiger charge is 2.32. The van der Waals surface area contributed by atoms with Gasteiger partial charge in [0, 0.05) is 31.7 Å². The molecule has 1 atom stereocenters. The van der Waals surface area contributed by atoms with Crippen molar-refractivity contribution in [2.45, 2.75) is 12.2 Å². The molecule has 0 aliphatic carbocycles. The van der Waals surface area contributed by atoms with E-state index in [0.29, 0.717) is 5.56 Å². The highest BCUT2D eigenvalue weighted by molar-refractivity contribution is 5.85. The van der Waals surface area contributed by atoms with E-state index in [1.807, 2.05) is 4.90 Å². The lowest BCUT2D eigenvalue weighted by atomic mass is 10.0. The summed E-state index contributed by atoms with van der Waals surface area (Å²) in [6, 6.07) is 3.05. The maximum atomic E-state index is 12.7. The number of aliphatic hydroxyl groups excluding tert-OH is 1. The van der Waals surface area contributed by atoms with Crippen LogP contribution in [0.5, 0.6) is 5.75 Å². The summed E-state index contributed by atoms with van der Waals surface area (Å²) in [7, 11) is 1.34. The van der Waals surface area contributed by atoms with Crippen LogP contribution in [-0.4, -0.2) is 49.9 Å². The molecule has 0 amide bonds. The number of methoxy groups -OCH3 is 1. The zero-order valence-electron chi connectivity index (χ0n) is 12.2. The second-order valence-corrected chi connectivity index (χ2v) is 4.94. The summed E-state index contributed by atoms with van der Waals surface area (Å²) < 4.78 is 43.4. The number of halogens is 4. The van der Waals surface area contributed by atoms with Gasteiger partial charge < -0.3 is 15.2 Å². The Labute approximate surface area is 133 Å². The van der Waals surface area contributed by atoms with Gasteiger partial charge in [-0.1, -0.05) is 6.07 Å². The quantitative estimate of drug-likeness (QED) is 0.881. The number of aliphatic hydroxyl groups is 1. The first kappa shape index (κ1) is 19.0. The van der Waals surface area contributed by atoms with Gasteiger partial charge in [0.1, 0.15) is 5.75 Å². The molecule has 0 aromatic heterocycles. The van der Waals surface area contributed by atoms with Crippen LogP contribution < -0.4 is 10.1 Å². The van der Waals surface area contributed by atoms with Gasteiger partial charge in [0.05, 0.1) is 25.3 Å². The van der Waals surface area contributed by atoms with Gasteiger partial charge >= 0.3 is 6.18 Å². The normalized spacial score (nSPS) is 17.7.